The highest BCUT2D eigenvalue weighted by atomic mass is 79.9. The van der Waals surface area contributed by atoms with E-state index in [2.05, 4.69) is 20.7 Å². The van der Waals surface area contributed by atoms with E-state index in [0.717, 1.165) is 0 Å². The number of halogens is 1. The lowest BCUT2D eigenvalue weighted by molar-refractivity contribution is -0.137. The topological polar surface area (TPSA) is 61.8 Å². The predicted octanol–water partition coefficient (Wildman–Crippen LogP) is 1.92. The molecule has 0 saturated carbocycles. The van der Waals surface area contributed by atoms with Crippen LogP contribution in [-0.4, -0.2) is 25.2 Å². The van der Waals surface area contributed by atoms with Gasteiger partial charge in [0.2, 0.25) is 6.79 Å². The molecule has 17 heavy (non-hydrogen) atoms. The van der Waals surface area contributed by atoms with Crippen molar-refractivity contribution in [3.63, 3.8) is 0 Å². The number of hydrogen-bond acceptors (Lipinski definition) is 5. The van der Waals surface area contributed by atoms with E-state index >= 15 is 0 Å². The van der Waals surface area contributed by atoms with Crippen LogP contribution in [0.4, 0.5) is 0 Å². The fraction of sp³-hybridized carbons (Fsp3) is 0.273. The Kier molecular flexibility index (Phi) is 3.33. The summed E-state index contributed by atoms with van der Waals surface area (Å²) in [5.41, 5.74) is 0.208. The summed E-state index contributed by atoms with van der Waals surface area (Å²) in [4.78, 5) is 23.0. The van der Waals surface area contributed by atoms with Crippen molar-refractivity contribution < 1.29 is 23.8 Å². The highest BCUT2D eigenvalue weighted by Crippen LogP contribution is 2.40. The van der Waals surface area contributed by atoms with Gasteiger partial charge in [0.15, 0.2) is 11.5 Å². The molecule has 0 aromatic heterocycles. The number of Topliss-reactive ketones (excluding diaryl/α,β-unsaturated/α-hetero) is 1. The third-order valence-electron chi connectivity index (χ3n) is 2.15. The van der Waals surface area contributed by atoms with Gasteiger partial charge < -0.3 is 14.2 Å². The Labute approximate surface area is 106 Å². The third-order valence-corrected chi connectivity index (χ3v) is 2.74. The van der Waals surface area contributed by atoms with E-state index in [4.69, 9.17) is 9.47 Å². The molecule has 0 radical (unpaired) electrons. The number of carbonyl (C=O) groups excluding carboxylic acids is 2. The molecule has 0 fully saturated rings. The molecule has 1 heterocycles. The first-order valence-corrected chi connectivity index (χ1v) is 5.73. The summed E-state index contributed by atoms with van der Waals surface area (Å²) < 4.78 is 15.5. The standard InChI is InChI=1S/C11H9BrO5/c1-2-15-11(14)9(13)6-3-7(12)10-8(4-6)16-5-17-10/h3-4H,2,5H2,1H3. The first-order chi connectivity index (χ1) is 8.13. The summed E-state index contributed by atoms with van der Waals surface area (Å²) in [7, 11) is 0. The monoisotopic (exact) mass is 300 g/mol. The Hall–Kier alpha value is -1.56. The number of ketones is 1. The van der Waals surface area contributed by atoms with Crippen LogP contribution in [0, 0.1) is 0 Å². The Balaban J connectivity index is 2.31. The van der Waals surface area contributed by atoms with Gasteiger partial charge in [0, 0.05) is 5.56 Å². The molecule has 0 bridgehead atoms. The van der Waals surface area contributed by atoms with Crippen LogP contribution in [0.5, 0.6) is 11.5 Å². The van der Waals surface area contributed by atoms with Gasteiger partial charge in [-0.2, -0.15) is 0 Å². The highest BCUT2D eigenvalue weighted by molar-refractivity contribution is 9.10. The SMILES string of the molecule is CCOC(=O)C(=O)c1cc(Br)c2c(c1)OCO2. The Bertz CT molecular complexity index is 483. The molecule has 2 rings (SSSR count). The summed E-state index contributed by atoms with van der Waals surface area (Å²) in [6.07, 6.45) is 0. The average Bonchev–Trinajstić information content (AvgIpc) is 2.77. The van der Waals surface area contributed by atoms with Gasteiger partial charge >= 0.3 is 5.97 Å². The molecule has 0 aliphatic carbocycles. The summed E-state index contributed by atoms with van der Waals surface area (Å²) in [5, 5.41) is 0. The van der Waals surface area contributed by atoms with E-state index in [9.17, 15) is 9.59 Å². The quantitative estimate of drug-likeness (QED) is 0.485. The smallest absolute Gasteiger partial charge is 0.379 e. The lowest BCUT2D eigenvalue weighted by atomic mass is 10.1. The van der Waals surface area contributed by atoms with Crippen LogP contribution in [0.1, 0.15) is 17.3 Å². The molecule has 5 nitrogen and oxygen atoms in total. The second kappa shape index (κ2) is 4.75. The number of carbonyl (C=O) groups is 2. The zero-order chi connectivity index (χ0) is 12.4. The van der Waals surface area contributed by atoms with Gasteiger partial charge in [-0.3, -0.25) is 4.79 Å². The van der Waals surface area contributed by atoms with Crippen molar-refractivity contribution in [1.29, 1.82) is 0 Å². The van der Waals surface area contributed by atoms with Crippen LogP contribution in [0.25, 0.3) is 0 Å². The van der Waals surface area contributed by atoms with Gasteiger partial charge in [-0.05, 0) is 35.0 Å². The summed E-state index contributed by atoms with van der Waals surface area (Å²) in [6.45, 7) is 1.90. The normalized spacial score (nSPS) is 12.4. The molecule has 1 aliphatic heterocycles. The van der Waals surface area contributed by atoms with Crippen molar-refractivity contribution >= 4 is 27.7 Å². The number of rotatable bonds is 3. The van der Waals surface area contributed by atoms with E-state index in [1.54, 1.807) is 6.92 Å². The van der Waals surface area contributed by atoms with Crippen LogP contribution in [0.2, 0.25) is 0 Å². The maximum atomic E-state index is 11.7. The van der Waals surface area contributed by atoms with Gasteiger partial charge in [-0.1, -0.05) is 0 Å². The van der Waals surface area contributed by atoms with Crippen molar-refractivity contribution in [2.24, 2.45) is 0 Å². The molecular formula is C11H9BrO5. The Morgan fingerprint density at radius 1 is 1.41 bits per heavy atom. The van der Waals surface area contributed by atoms with Crippen molar-refractivity contribution in [1.82, 2.24) is 0 Å². The Morgan fingerprint density at radius 3 is 2.88 bits per heavy atom. The summed E-state index contributed by atoms with van der Waals surface area (Å²) in [6, 6.07) is 2.97. The second-order valence-electron chi connectivity index (χ2n) is 3.24. The largest absolute Gasteiger partial charge is 0.460 e. The van der Waals surface area contributed by atoms with E-state index in [1.165, 1.54) is 12.1 Å². The van der Waals surface area contributed by atoms with Crippen LogP contribution in [0.15, 0.2) is 16.6 Å². The fourth-order valence-electron chi connectivity index (χ4n) is 1.41. The molecule has 0 unspecified atom stereocenters. The predicted molar refractivity (Wildman–Crippen MR) is 61.2 cm³/mol. The highest BCUT2D eigenvalue weighted by Gasteiger charge is 2.24. The molecule has 1 aliphatic rings. The van der Waals surface area contributed by atoms with E-state index in [-0.39, 0.29) is 19.0 Å². The van der Waals surface area contributed by atoms with Gasteiger partial charge in [0.05, 0.1) is 11.1 Å². The van der Waals surface area contributed by atoms with Crippen molar-refractivity contribution in [3.05, 3.63) is 22.2 Å². The number of esters is 1. The lowest BCUT2D eigenvalue weighted by Gasteiger charge is -2.04. The van der Waals surface area contributed by atoms with E-state index < -0.39 is 11.8 Å². The minimum Gasteiger partial charge on any atom is -0.460 e. The number of fused-ring (bicyclic) bond motifs is 1. The first-order valence-electron chi connectivity index (χ1n) is 4.94. The molecule has 6 heteroatoms. The van der Waals surface area contributed by atoms with Gasteiger partial charge in [-0.25, -0.2) is 4.79 Å². The second-order valence-corrected chi connectivity index (χ2v) is 4.10. The van der Waals surface area contributed by atoms with Crippen LogP contribution < -0.4 is 9.47 Å². The minimum atomic E-state index is -0.877. The Morgan fingerprint density at radius 2 is 2.18 bits per heavy atom. The van der Waals surface area contributed by atoms with Crippen LogP contribution in [0.3, 0.4) is 0 Å². The zero-order valence-electron chi connectivity index (χ0n) is 8.99. The summed E-state index contributed by atoms with van der Waals surface area (Å²) in [5.74, 6) is -0.610. The van der Waals surface area contributed by atoms with Crippen molar-refractivity contribution in [2.45, 2.75) is 6.92 Å². The number of hydrogen-bond donors (Lipinski definition) is 0. The third kappa shape index (κ3) is 2.26. The molecule has 1 aromatic carbocycles. The van der Waals surface area contributed by atoms with Crippen LogP contribution in [-0.2, 0) is 9.53 Å². The molecule has 0 atom stereocenters. The van der Waals surface area contributed by atoms with Crippen molar-refractivity contribution in [2.75, 3.05) is 13.4 Å². The minimum absolute atomic E-state index is 0.102. The number of benzene rings is 1. The molecule has 0 saturated heterocycles. The zero-order valence-corrected chi connectivity index (χ0v) is 10.6. The molecule has 0 spiro atoms. The van der Waals surface area contributed by atoms with Gasteiger partial charge in [-0.15, -0.1) is 0 Å². The fourth-order valence-corrected chi connectivity index (χ4v) is 1.97. The van der Waals surface area contributed by atoms with Crippen LogP contribution >= 0.6 is 15.9 Å². The first kappa shape index (κ1) is 11.9. The molecule has 0 N–H and O–H groups in total. The van der Waals surface area contributed by atoms with Gasteiger partial charge in [0.25, 0.3) is 5.78 Å². The summed E-state index contributed by atoms with van der Waals surface area (Å²) >= 11 is 3.25. The number of ether oxygens (including phenoxy) is 3. The molecule has 0 amide bonds. The lowest BCUT2D eigenvalue weighted by Crippen LogP contribution is -2.17. The molecule has 90 valence electrons. The maximum Gasteiger partial charge on any atom is 0.379 e. The van der Waals surface area contributed by atoms with Gasteiger partial charge in [0.1, 0.15) is 0 Å². The van der Waals surface area contributed by atoms with E-state index in [1.807, 2.05) is 0 Å². The average molecular weight is 301 g/mol. The maximum absolute atomic E-state index is 11.7. The molecular weight excluding hydrogens is 292 g/mol. The molecule has 1 aromatic rings. The van der Waals surface area contributed by atoms with E-state index in [0.29, 0.717) is 16.0 Å². The van der Waals surface area contributed by atoms with Crippen molar-refractivity contribution in [3.8, 4) is 11.5 Å².